The quantitative estimate of drug-likeness (QED) is 0.0762. The molecule has 0 radical (unpaired) electrons. The van der Waals surface area contributed by atoms with Gasteiger partial charge in [0.05, 0.1) is 92.2 Å². The minimum atomic E-state index is -3.60. The van der Waals surface area contributed by atoms with Gasteiger partial charge in [0.25, 0.3) is 5.91 Å². The summed E-state index contributed by atoms with van der Waals surface area (Å²) in [4.78, 5) is 99.2. The van der Waals surface area contributed by atoms with Crippen molar-refractivity contribution in [2.24, 2.45) is 0 Å². The number of carbonyl (C=O) groups excluding carboxylic acids is 8. The molecule has 23 nitrogen and oxygen atoms in total. The first-order valence-corrected chi connectivity index (χ1v) is 23.2. The van der Waals surface area contributed by atoms with Crippen LogP contribution in [0.2, 0.25) is 0 Å². The van der Waals surface area contributed by atoms with Gasteiger partial charge in [-0.1, -0.05) is 22.3 Å². The minimum absolute atomic E-state index is 0. The maximum absolute atomic E-state index is 14.4. The van der Waals surface area contributed by atoms with E-state index < -0.39 is 75.9 Å². The number of cyclic esters (lactones) is 3. The van der Waals surface area contributed by atoms with Crippen molar-refractivity contribution in [2.45, 2.75) is 61.4 Å². The molecule has 3 fully saturated rings. The number of pyridine rings is 1. The molecule has 3 aromatic carbocycles. The number of nitrogens with one attached hydrogen (secondary N) is 5. The first-order valence-electron chi connectivity index (χ1n) is 21.4. The number of ether oxygens (including phenoxy) is 4. The van der Waals surface area contributed by atoms with Gasteiger partial charge in [-0.15, -0.1) is 0 Å². The zero-order chi connectivity index (χ0) is 52.9. The number of benzene rings is 3. The second-order valence-corrected chi connectivity index (χ2v) is 17.5. The summed E-state index contributed by atoms with van der Waals surface area (Å²) in [7, 11) is -2.45. The van der Waals surface area contributed by atoms with E-state index in [0.29, 0.717) is 11.3 Å². The maximum Gasteiger partial charge on any atom is 0.414 e. The highest BCUT2D eigenvalue weighted by atomic mass is 32.2. The predicted octanol–water partition coefficient (Wildman–Crippen LogP) is 5.57. The summed E-state index contributed by atoms with van der Waals surface area (Å²) in [6.07, 6.45) is 0.306. The van der Waals surface area contributed by atoms with Crippen LogP contribution < -0.4 is 40.7 Å². The summed E-state index contributed by atoms with van der Waals surface area (Å²) in [5.41, 5.74) is 0.645. The SMILES string of the molecule is C.C.C.CC(=O)NC[C@H]1CN(c2ccc(NC(=O)c3cccnc3)c(F)c2)C(=O)O1.CC(=O)NC[C@H]1CN(c2ccc(NS(C)(=O)=O)c(F)c2)C(=O)O1.COC(=O)c1ccc(N2C[C@H](CNC(C)=O)OC2=O)cc1F. The standard InChI is InChI=1S/C18H17FN4O4.C14H15FN2O5.C13H16FN3O5S.3CH4/c1-11(24)21-9-14-10-23(18(26)27-14)13-4-5-16(15(19)7-13)22-17(25)12-3-2-6-20-8-12;1-8(18)16-6-10-7-17(14(20)22-10)9-3-4-11(12(15)5-9)13(19)21-2;1-8(18)15-6-10-7-17(13(19)22-10)9-3-4-12(11(14)5-9)16-23(2,20)21;;;/h2-8,14H,9-10H2,1H3,(H,21,24)(H,22,25);3-5,10H,6-7H2,1-2H3,(H,16,18);3-5,10,16H,6-7H2,1-2H3,(H,15,18);3*1H4/t14-;2*10-;;;/m000.../s1. The van der Waals surface area contributed by atoms with Gasteiger partial charge in [-0.3, -0.25) is 43.6 Å². The van der Waals surface area contributed by atoms with Crippen molar-refractivity contribution in [3.63, 3.8) is 0 Å². The molecule has 1 aromatic heterocycles. The number of hydrogen-bond acceptors (Lipinski definition) is 15. The average Bonchev–Trinajstić information content (AvgIpc) is 4.02. The van der Waals surface area contributed by atoms with E-state index in [1.54, 1.807) is 12.1 Å². The molecule has 408 valence electrons. The second kappa shape index (κ2) is 28.1. The first-order chi connectivity index (χ1) is 34.0. The highest BCUT2D eigenvalue weighted by molar-refractivity contribution is 7.92. The van der Waals surface area contributed by atoms with Gasteiger partial charge in [-0.2, -0.15) is 0 Å². The summed E-state index contributed by atoms with van der Waals surface area (Å²) in [5.74, 6) is -4.30. The van der Waals surface area contributed by atoms with Gasteiger partial charge in [0.2, 0.25) is 27.7 Å². The van der Waals surface area contributed by atoms with Crippen molar-refractivity contribution < 1.29 is 78.9 Å². The third-order valence-corrected chi connectivity index (χ3v) is 10.6. The van der Waals surface area contributed by atoms with Crippen LogP contribution in [0.15, 0.2) is 79.1 Å². The molecule has 3 aliphatic rings. The number of halogens is 3. The van der Waals surface area contributed by atoms with Gasteiger partial charge < -0.3 is 40.2 Å². The Morgan fingerprint density at radius 2 is 1.04 bits per heavy atom. The van der Waals surface area contributed by atoms with Gasteiger partial charge in [0.15, 0.2) is 0 Å². The number of methoxy groups -OCH3 is 1. The van der Waals surface area contributed by atoms with Gasteiger partial charge in [0, 0.05) is 33.2 Å². The molecule has 5 N–H and O–H groups in total. The van der Waals surface area contributed by atoms with Crippen molar-refractivity contribution in [3.05, 3.63) is 108 Å². The third kappa shape index (κ3) is 18.2. The fourth-order valence-electron chi connectivity index (χ4n) is 6.66. The number of hydrogen-bond donors (Lipinski definition) is 5. The number of carbonyl (C=O) groups is 8. The van der Waals surface area contributed by atoms with E-state index in [-0.39, 0.29) is 108 Å². The Balaban J connectivity index is 0.000000380. The van der Waals surface area contributed by atoms with E-state index in [1.165, 1.54) is 84.3 Å². The van der Waals surface area contributed by atoms with Crippen molar-refractivity contribution >= 4 is 86.3 Å². The zero-order valence-electron chi connectivity index (χ0n) is 39.0. The van der Waals surface area contributed by atoms with Crippen molar-refractivity contribution in [1.82, 2.24) is 20.9 Å². The Kier molecular flexibility index (Phi) is 23.5. The molecule has 3 aliphatic heterocycles. The minimum Gasteiger partial charge on any atom is -0.465 e. The van der Waals surface area contributed by atoms with Gasteiger partial charge in [-0.25, -0.2) is 40.8 Å². The van der Waals surface area contributed by atoms with Crippen LogP contribution in [-0.2, 0) is 43.4 Å². The summed E-state index contributed by atoms with van der Waals surface area (Å²) in [6, 6.07) is 14.6. The molecular formula is C48H60F3N9O14S. The number of nitrogens with zero attached hydrogens (tertiary/aromatic N) is 4. The summed E-state index contributed by atoms with van der Waals surface area (Å²) in [6.45, 7) is 5.09. The summed E-state index contributed by atoms with van der Waals surface area (Å²) >= 11 is 0. The smallest absolute Gasteiger partial charge is 0.414 e. The van der Waals surface area contributed by atoms with Crippen LogP contribution in [0.1, 0.15) is 63.8 Å². The van der Waals surface area contributed by atoms with E-state index in [9.17, 15) is 59.9 Å². The monoisotopic (exact) mass is 1080 g/mol. The molecule has 0 spiro atoms. The maximum atomic E-state index is 14.4. The number of anilines is 5. The molecule has 3 saturated heterocycles. The van der Waals surface area contributed by atoms with Crippen LogP contribution in [0.3, 0.4) is 0 Å². The van der Waals surface area contributed by atoms with Crippen molar-refractivity contribution in [2.75, 3.05) is 77.4 Å². The van der Waals surface area contributed by atoms with E-state index in [2.05, 4.69) is 31.0 Å². The largest absolute Gasteiger partial charge is 0.465 e. The Hall–Kier alpha value is -8.49. The van der Waals surface area contributed by atoms with E-state index in [1.807, 2.05) is 4.72 Å². The summed E-state index contributed by atoms with van der Waals surface area (Å²) in [5, 5.41) is 10.1. The van der Waals surface area contributed by atoms with Gasteiger partial charge >= 0.3 is 24.2 Å². The Labute approximate surface area is 431 Å². The van der Waals surface area contributed by atoms with Crippen LogP contribution >= 0.6 is 0 Å². The van der Waals surface area contributed by atoms with E-state index >= 15 is 0 Å². The molecule has 0 saturated carbocycles. The average molecular weight is 1080 g/mol. The Bertz CT molecular complexity index is 2830. The third-order valence-electron chi connectivity index (χ3n) is 10.0. The highest BCUT2D eigenvalue weighted by Crippen LogP contribution is 2.29. The molecule has 75 heavy (non-hydrogen) atoms. The normalized spacial score (nSPS) is 16.2. The van der Waals surface area contributed by atoms with Crippen LogP contribution in [0, 0.1) is 17.5 Å². The lowest BCUT2D eigenvalue weighted by Gasteiger charge is -2.14. The van der Waals surface area contributed by atoms with Crippen LogP contribution in [0.4, 0.5) is 56.0 Å². The van der Waals surface area contributed by atoms with Crippen molar-refractivity contribution in [3.8, 4) is 0 Å². The topological polar surface area (TPSA) is 290 Å². The number of sulfonamides is 1. The fraction of sp³-hybridized carbons (Fsp3) is 0.354. The molecule has 4 heterocycles. The molecule has 0 bridgehead atoms. The molecule has 4 aromatic rings. The van der Waals surface area contributed by atoms with Crippen LogP contribution in [0.5, 0.6) is 0 Å². The Morgan fingerprint density at radius 1 is 0.640 bits per heavy atom. The number of rotatable bonds is 14. The van der Waals surface area contributed by atoms with Crippen LogP contribution in [-0.4, -0.2) is 132 Å². The molecule has 7 amide bonds. The first kappa shape index (κ1) is 62.6. The molecule has 27 heteroatoms. The molecule has 7 rings (SSSR count). The zero-order valence-corrected chi connectivity index (χ0v) is 39.8. The molecule has 0 aliphatic carbocycles. The van der Waals surface area contributed by atoms with Crippen molar-refractivity contribution in [1.29, 1.82) is 0 Å². The lowest BCUT2D eigenvalue weighted by atomic mass is 10.2. The molecule has 0 unspecified atom stereocenters. The number of aromatic nitrogens is 1. The number of amides is 7. The fourth-order valence-corrected chi connectivity index (χ4v) is 7.22. The molecule has 3 atom stereocenters. The lowest BCUT2D eigenvalue weighted by Crippen LogP contribution is -2.33. The Morgan fingerprint density at radius 3 is 1.39 bits per heavy atom. The van der Waals surface area contributed by atoms with Gasteiger partial charge in [0.1, 0.15) is 35.8 Å². The summed E-state index contributed by atoms with van der Waals surface area (Å²) < 4.78 is 86.2. The second-order valence-electron chi connectivity index (χ2n) is 15.7. The molecular weight excluding hydrogens is 1020 g/mol. The van der Waals surface area contributed by atoms with E-state index in [4.69, 9.17) is 14.2 Å². The number of esters is 1. The van der Waals surface area contributed by atoms with Gasteiger partial charge in [-0.05, 0) is 66.7 Å². The van der Waals surface area contributed by atoms with Crippen LogP contribution in [0.25, 0.3) is 0 Å². The predicted molar refractivity (Wildman–Crippen MR) is 270 cm³/mol. The lowest BCUT2D eigenvalue weighted by molar-refractivity contribution is -0.120. The van der Waals surface area contributed by atoms with E-state index in [0.717, 1.165) is 31.6 Å². The highest BCUT2D eigenvalue weighted by Gasteiger charge is 2.35.